The average Bonchev–Trinajstić information content (AvgIpc) is 2.51. The van der Waals surface area contributed by atoms with Gasteiger partial charge >= 0.3 is 0 Å². The lowest BCUT2D eigenvalue weighted by molar-refractivity contribution is -0.121. The van der Waals surface area contributed by atoms with E-state index in [0.717, 1.165) is 5.82 Å². The Morgan fingerprint density at radius 3 is 2.86 bits per heavy atom. The summed E-state index contributed by atoms with van der Waals surface area (Å²) in [6.45, 7) is 1.57. The molecule has 1 aromatic rings. The molecule has 0 fully saturated rings. The van der Waals surface area contributed by atoms with Crippen molar-refractivity contribution in [3.05, 3.63) is 12.2 Å². The van der Waals surface area contributed by atoms with E-state index in [9.17, 15) is 4.79 Å². The van der Waals surface area contributed by atoms with Crippen LogP contribution in [0.25, 0.3) is 0 Å². The zero-order chi connectivity index (χ0) is 10.6. The summed E-state index contributed by atoms with van der Waals surface area (Å²) < 4.78 is 1.65. The van der Waals surface area contributed by atoms with E-state index in [0.29, 0.717) is 12.8 Å². The summed E-state index contributed by atoms with van der Waals surface area (Å²) in [4.78, 5) is 15.2. The van der Waals surface area contributed by atoms with Gasteiger partial charge in [0.05, 0.1) is 0 Å². The van der Waals surface area contributed by atoms with Crippen LogP contribution in [0.3, 0.4) is 0 Å². The Balaban J connectivity index is 2.64. The van der Waals surface area contributed by atoms with E-state index in [1.807, 2.05) is 0 Å². The molecule has 1 heterocycles. The van der Waals surface area contributed by atoms with Crippen molar-refractivity contribution in [1.82, 2.24) is 14.8 Å². The Hall–Kier alpha value is -1.23. The Kier molecular flexibility index (Phi) is 3.76. The first-order chi connectivity index (χ1) is 6.65. The number of ketones is 1. The highest BCUT2D eigenvalue weighted by atomic mass is 16.3. The zero-order valence-corrected chi connectivity index (χ0v) is 8.47. The first-order valence-electron chi connectivity index (χ1n) is 4.59. The van der Waals surface area contributed by atoms with Crippen molar-refractivity contribution in [3.63, 3.8) is 0 Å². The molecule has 0 aliphatic heterocycles. The third kappa shape index (κ3) is 2.63. The van der Waals surface area contributed by atoms with Crippen molar-refractivity contribution in [2.75, 3.05) is 6.61 Å². The predicted molar refractivity (Wildman–Crippen MR) is 50.6 cm³/mol. The normalized spacial score (nSPS) is 12.8. The van der Waals surface area contributed by atoms with Crippen LogP contribution in [0.2, 0.25) is 0 Å². The summed E-state index contributed by atoms with van der Waals surface area (Å²) in [6, 6.07) is 0. The molecule has 1 unspecified atom stereocenters. The fraction of sp³-hybridized carbons (Fsp3) is 0.667. The maximum Gasteiger partial charge on any atom is 0.138 e. The van der Waals surface area contributed by atoms with Crippen LogP contribution in [0, 0.1) is 5.92 Å². The highest BCUT2D eigenvalue weighted by Gasteiger charge is 2.16. The number of aliphatic hydroxyl groups excluding tert-OH is 1. The molecule has 0 aromatic carbocycles. The van der Waals surface area contributed by atoms with Gasteiger partial charge < -0.3 is 5.11 Å². The summed E-state index contributed by atoms with van der Waals surface area (Å²) >= 11 is 0. The maximum absolute atomic E-state index is 11.2. The van der Waals surface area contributed by atoms with Crippen LogP contribution < -0.4 is 0 Å². The summed E-state index contributed by atoms with van der Waals surface area (Å²) in [5.74, 6) is 0.712. The van der Waals surface area contributed by atoms with Gasteiger partial charge in [-0.2, -0.15) is 5.10 Å². The first kappa shape index (κ1) is 10.8. The average molecular weight is 197 g/mol. The number of aromatic nitrogens is 3. The van der Waals surface area contributed by atoms with E-state index in [4.69, 9.17) is 5.11 Å². The minimum Gasteiger partial charge on any atom is -0.396 e. The molecule has 14 heavy (non-hydrogen) atoms. The van der Waals surface area contributed by atoms with Crippen molar-refractivity contribution < 1.29 is 9.90 Å². The summed E-state index contributed by atoms with van der Waals surface area (Å²) in [6.07, 6.45) is 2.50. The van der Waals surface area contributed by atoms with Gasteiger partial charge in [0, 0.05) is 26.0 Å². The molecule has 0 radical (unpaired) electrons. The Bertz CT molecular complexity index is 309. The van der Waals surface area contributed by atoms with E-state index < -0.39 is 0 Å². The topological polar surface area (TPSA) is 68.0 Å². The lowest BCUT2D eigenvalue weighted by Gasteiger charge is -2.10. The van der Waals surface area contributed by atoms with Crippen molar-refractivity contribution in [2.45, 2.75) is 19.8 Å². The second kappa shape index (κ2) is 4.85. The van der Waals surface area contributed by atoms with Crippen LogP contribution in [0.1, 0.15) is 19.2 Å². The van der Waals surface area contributed by atoms with Gasteiger partial charge in [-0.15, -0.1) is 0 Å². The highest BCUT2D eigenvalue weighted by molar-refractivity contribution is 5.78. The van der Waals surface area contributed by atoms with Crippen LogP contribution >= 0.6 is 0 Å². The van der Waals surface area contributed by atoms with Crippen LogP contribution in [0.4, 0.5) is 0 Å². The van der Waals surface area contributed by atoms with Gasteiger partial charge in [-0.1, -0.05) is 0 Å². The molecule has 5 nitrogen and oxygen atoms in total. The monoisotopic (exact) mass is 197 g/mol. The van der Waals surface area contributed by atoms with E-state index in [1.165, 1.54) is 13.3 Å². The number of carbonyl (C=O) groups excluding carboxylic acids is 1. The SMILES string of the molecule is CC(=O)C(CCO)Cc1ncnn1C. The quantitative estimate of drug-likeness (QED) is 0.718. The van der Waals surface area contributed by atoms with Crippen molar-refractivity contribution in [1.29, 1.82) is 0 Å². The van der Waals surface area contributed by atoms with Gasteiger partial charge in [-0.25, -0.2) is 4.98 Å². The number of rotatable bonds is 5. The van der Waals surface area contributed by atoms with Gasteiger partial charge in [-0.05, 0) is 13.3 Å². The second-order valence-electron chi connectivity index (χ2n) is 3.32. The minimum absolute atomic E-state index is 0.0299. The fourth-order valence-corrected chi connectivity index (χ4v) is 1.33. The maximum atomic E-state index is 11.2. The molecule has 1 aromatic heterocycles. The molecule has 78 valence electrons. The van der Waals surface area contributed by atoms with Crippen molar-refractivity contribution in [2.24, 2.45) is 13.0 Å². The summed E-state index contributed by atoms with van der Waals surface area (Å²) in [7, 11) is 1.79. The number of nitrogens with zero attached hydrogens (tertiary/aromatic N) is 3. The number of carbonyl (C=O) groups is 1. The number of aliphatic hydroxyl groups is 1. The molecule has 1 atom stereocenters. The molecular formula is C9H15N3O2. The molecular weight excluding hydrogens is 182 g/mol. The summed E-state index contributed by atoms with van der Waals surface area (Å²) in [5.41, 5.74) is 0. The molecule has 0 amide bonds. The number of hydrogen-bond donors (Lipinski definition) is 1. The van der Waals surface area contributed by atoms with Gasteiger partial charge in [0.15, 0.2) is 0 Å². The van der Waals surface area contributed by atoms with Crippen LogP contribution in [0.5, 0.6) is 0 Å². The molecule has 0 saturated heterocycles. The van der Waals surface area contributed by atoms with Gasteiger partial charge in [0.25, 0.3) is 0 Å². The van der Waals surface area contributed by atoms with Crippen LogP contribution in [-0.2, 0) is 18.3 Å². The molecule has 0 spiro atoms. The molecule has 1 N–H and O–H groups in total. The first-order valence-corrected chi connectivity index (χ1v) is 4.59. The van der Waals surface area contributed by atoms with Crippen LogP contribution in [-0.4, -0.2) is 32.3 Å². The predicted octanol–water partition coefficient (Wildman–Crippen LogP) is -0.0548. The highest BCUT2D eigenvalue weighted by Crippen LogP contribution is 2.10. The minimum atomic E-state index is -0.150. The van der Waals surface area contributed by atoms with E-state index in [2.05, 4.69) is 10.1 Å². The van der Waals surface area contributed by atoms with E-state index in [-0.39, 0.29) is 18.3 Å². The summed E-state index contributed by atoms with van der Waals surface area (Å²) in [5, 5.41) is 12.7. The zero-order valence-electron chi connectivity index (χ0n) is 8.47. The molecule has 0 aliphatic carbocycles. The van der Waals surface area contributed by atoms with Crippen molar-refractivity contribution in [3.8, 4) is 0 Å². The number of aryl methyl sites for hydroxylation is 1. The lowest BCUT2D eigenvalue weighted by atomic mass is 9.97. The Morgan fingerprint density at radius 2 is 2.43 bits per heavy atom. The third-order valence-electron chi connectivity index (χ3n) is 2.29. The largest absolute Gasteiger partial charge is 0.396 e. The Morgan fingerprint density at radius 1 is 1.71 bits per heavy atom. The number of Topliss-reactive ketones (excluding diaryl/α,β-unsaturated/α-hetero) is 1. The molecule has 1 rings (SSSR count). The molecule has 5 heteroatoms. The van der Waals surface area contributed by atoms with Crippen LogP contribution in [0.15, 0.2) is 6.33 Å². The Labute approximate surface area is 82.8 Å². The lowest BCUT2D eigenvalue weighted by Crippen LogP contribution is -2.18. The van der Waals surface area contributed by atoms with Gasteiger partial charge in [0.1, 0.15) is 17.9 Å². The number of hydrogen-bond acceptors (Lipinski definition) is 4. The second-order valence-corrected chi connectivity index (χ2v) is 3.32. The molecule has 0 saturated carbocycles. The fourth-order valence-electron chi connectivity index (χ4n) is 1.33. The third-order valence-corrected chi connectivity index (χ3v) is 2.29. The molecule has 0 bridgehead atoms. The van der Waals surface area contributed by atoms with Crippen molar-refractivity contribution >= 4 is 5.78 Å². The van der Waals surface area contributed by atoms with Gasteiger partial charge in [-0.3, -0.25) is 9.48 Å². The van der Waals surface area contributed by atoms with Gasteiger partial charge in [0.2, 0.25) is 0 Å². The smallest absolute Gasteiger partial charge is 0.138 e. The van der Waals surface area contributed by atoms with E-state index in [1.54, 1.807) is 11.7 Å². The molecule has 0 aliphatic rings. The standard InChI is InChI=1S/C9H15N3O2/c1-7(14)8(3-4-13)5-9-10-6-11-12(9)2/h6,8,13H,3-5H2,1-2H3. The van der Waals surface area contributed by atoms with E-state index >= 15 is 0 Å².